The average molecular weight is 359 g/mol. The van der Waals surface area contributed by atoms with Crippen molar-refractivity contribution in [3.63, 3.8) is 0 Å². The van der Waals surface area contributed by atoms with Crippen LogP contribution < -0.4 is 10.6 Å². The first-order valence-electron chi connectivity index (χ1n) is 8.75. The number of nitrogens with one attached hydrogen (secondary N) is 2. The highest BCUT2D eigenvalue weighted by atomic mass is 16.5. The van der Waals surface area contributed by atoms with Gasteiger partial charge in [0.1, 0.15) is 5.60 Å². The van der Waals surface area contributed by atoms with Gasteiger partial charge in [0, 0.05) is 32.5 Å². The molecule has 142 valence electrons. The molecular formula is C19H29N5O2. The van der Waals surface area contributed by atoms with Gasteiger partial charge in [-0.2, -0.15) is 5.10 Å². The normalized spacial score (nSPS) is 14.1. The SMILES string of the molecule is CCNC(=NCc1ccccc1COC)NCC(C)(O)c1cnn(C)c1. The molecule has 0 saturated heterocycles. The summed E-state index contributed by atoms with van der Waals surface area (Å²) in [6.07, 6.45) is 3.49. The molecule has 1 aromatic carbocycles. The van der Waals surface area contributed by atoms with E-state index in [0.29, 0.717) is 25.7 Å². The molecule has 0 spiro atoms. The maximum atomic E-state index is 10.7. The molecule has 0 fully saturated rings. The van der Waals surface area contributed by atoms with E-state index in [0.717, 1.165) is 23.2 Å². The van der Waals surface area contributed by atoms with Gasteiger partial charge in [-0.3, -0.25) is 4.68 Å². The number of rotatable bonds is 8. The number of aryl methyl sites for hydroxylation is 1. The summed E-state index contributed by atoms with van der Waals surface area (Å²) in [4.78, 5) is 4.64. The second kappa shape index (κ2) is 9.35. The quantitative estimate of drug-likeness (QED) is 0.492. The molecule has 1 heterocycles. The van der Waals surface area contributed by atoms with Crippen LogP contribution in [-0.2, 0) is 30.5 Å². The first kappa shape index (κ1) is 19.9. The highest BCUT2D eigenvalue weighted by Gasteiger charge is 2.25. The summed E-state index contributed by atoms with van der Waals surface area (Å²) in [5.41, 5.74) is 1.95. The molecule has 7 heteroatoms. The highest BCUT2D eigenvalue weighted by molar-refractivity contribution is 5.79. The minimum Gasteiger partial charge on any atom is -0.383 e. The van der Waals surface area contributed by atoms with Gasteiger partial charge in [-0.15, -0.1) is 0 Å². The zero-order valence-electron chi connectivity index (χ0n) is 16.0. The smallest absolute Gasteiger partial charge is 0.191 e. The van der Waals surface area contributed by atoms with Crippen LogP contribution in [0.4, 0.5) is 0 Å². The summed E-state index contributed by atoms with van der Waals surface area (Å²) >= 11 is 0. The average Bonchev–Trinajstić information content (AvgIpc) is 3.06. The lowest BCUT2D eigenvalue weighted by Crippen LogP contribution is -2.44. The number of aromatic nitrogens is 2. The Labute approximate surface area is 155 Å². The molecule has 1 atom stereocenters. The lowest BCUT2D eigenvalue weighted by molar-refractivity contribution is 0.0616. The molecule has 0 aliphatic carbocycles. The fraction of sp³-hybridized carbons (Fsp3) is 0.474. The number of ether oxygens (including phenoxy) is 1. The largest absolute Gasteiger partial charge is 0.383 e. The number of methoxy groups -OCH3 is 1. The van der Waals surface area contributed by atoms with Crippen LogP contribution in [0.2, 0.25) is 0 Å². The zero-order valence-corrected chi connectivity index (χ0v) is 16.0. The number of aliphatic imine (C=N–C) groups is 1. The van der Waals surface area contributed by atoms with Gasteiger partial charge in [0.2, 0.25) is 0 Å². The van der Waals surface area contributed by atoms with Crippen molar-refractivity contribution in [3.8, 4) is 0 Å². The van der Waals surface area contributed by atoms with Crippen LogP contribution in [0.3, 0.4) is 0 Å². The van der Waals surface area contributed by atoms with Gasteiger partial charge in [-0.25, -0.2) is 4.99 Å². The number of hydrogen-bond acceptors (Lipinski definition) is 4. The Balaban J connectivity index is 2.05. The Morgan fingerprint density at radius 2 is 2.04 bits per heavy atom. The van der Waals surface area contributed by atoms with E-state index < -0.39 is 5.60 Å². The first-order valence-corrected chi connectivity index (χ1v) is 8.75. The predicted octanol–water partition coefficient (Wildman–Crippen LogP) is 1.53. The van der Waals surface area contributed by atoms with E-state index in [1.807, 2.05) is 44.4 Å². The Bertz CT molecular complexity index is 724. The Morgan fingerprint density at radius 3 is 2.65 bits per heavy atom. The Morgan fingerprint density at radius 1 is 1.31 bits per heavy atom. The highest BCUT2D eigenvalue weighted by Crippen LogP contribution is 2.18. The van der Waals surface area contributed by atoms with E-state index in [2.05, 4.69) is 20.7 Å². The number of guanidine groups is 1. The van der Waals surface area contributed by atoms with Crippen molar-refractivity contribution in [2.75, 3.05) is 20.2 Å². The fourth-order valence-corrected chi connectivity index (χ4v) is 2.57. The lowest BCUT2D eigenvalue weighted by atomic mass is 10.00. The van der Waals surface area contributed by atoms with Gasteiger partial charge < -0.3 is 20.5 Å². The molecule has 0 saturated carbocycles. The number of nitrogens with zero attached hydrogens (tertiary/aromatic N) is 3. The van der Waals surface area contributed by atoms with Gasteiger partial charge in [-0.1, -0.05) is 24.3 Å². The van der Waals surface area contributed by atoms with Crippen LogP contribution in [0.15, 0.2) is 41.7 Å². The maximum Gasteiger partial charge on any atom is 0.191 e. The van der Waals surface area contributed by atoms with E-state index in [-0.39, 0.29) is 0 Å². The molecule has 3 N–H and O–H groups in total. The second-order valence-electron chi connectivity index (χ2n) is 6.43. The second-order valence-corrected chi connectivity index (χ2v) is 6.43. The van der Waals surface area contributed by atoms with Crippen LogP contribution in [0.25, 0.3) is 0 Å². The van der Waals surface area contributed by atoms with E-state index in [1.165, 1.54) is 0 Å². The molecule has 0 aliphatic rings. The van der Waals surface area contributed by atoms with Crippen LogP contribution in [0, 0.1) is 0 Å². The van der Waals surface area contributed by atoms with Crippen LogP contribution in [0.5, 0.6) is 0 Å². The first-order chi connectivity index (χ1) is 12.5. The summed E-state index contributed by atoms with van der Waals surface area (Å²) in [6.45, 7) is 5.92. The number of benzene rings is 1. The minimum atomic E-state index is -1.04. The molecular weight excluding hydrogens is 330 g/mol. The monoisotopic (exact) mass is 359 g/mol. The molecule has 2 aromatic rings. The van der Waals surface area contributed by atoms with E-state index in [1.54, 1.807) is 24.9 Å². The molecule has 2 rings (SSSR count). The molecule has 0 amide bonds. The van der Waals surface area contributed by atoms with Crippen molar-refractivity contribution in [3.05, 3.63) is 53.3 Å². The number of hydrogen-bond donors (Lipinski definition) is 3. The van der Waals surface area contributed by atoms with Gasteiger partial charge in [0.15, 0.2) is 5.96 Å². The van der Waals surface area contributed by atoms with Crippen molar-refractivity contribution in [1.82, 2.24) is 20.4 Å². The van der Waals surface area contributed by atoms with Crippen LogP contribution >= 0.6 is 0 Å². The van der Waals surface area contributed by atoms with E-state index >= 15 is 0 Å². The summed E-state index contributed by atoms with van der Waals surface area (Å²) in [5.74, 6) is 0.656. The van der Waals surface area contributed by atoms with Crippen molar-refractivity contribution in [2.24, 2.45) is 12.0 Å². The summed E-state index contributed by atoms with van der Waals surface area (Å²) in [7, 11) is 3.52. The number of aliphatic hydroxyl groups is 1. The molecule has 0 radical (unpaired) electrons. The third-order valence-electron chi connectivity index (χ3n) is 4.10. The molecule has 0 bridgehead atoms. The van der Waals surface area contributed by atoms with E-state index in [9.17, 15) is 5.11 Å². The van der Waals surface area contributed by atoms with Crippen LogP contribution in [-0.4, -0.2) is 41.0 Å². The molecule has 26 heavy (non-hydrogen) atoms. The summed E-state index contributed by atoms with van der Waals surface area (Å²) in [6, 6.07) is 8.09. The van der Waals surface area contributed by atoms with Crippen LogP contribution in [0.1, 0.15) is 30.5 Å². The summed E-state index contributed by atoms with van der Waals surface area (Å²) in [5, 5.41) is 21.2. The third-order valence-corrected chi connectivity index (χ3v) is 4.10. The summed E-state index contributed by atoms with van der Waals surface area (Å²) < 4.78 is 6.92. The maximum absolute atomic E-state index is 10.7. The predicted molar refractivity (Wildman–Crippen MR) is 103 cm³/mol. The topological polar surface area (TPSA) is 83.7 Å². The zero-order chi connectivity index (χ0) is 19.0. The molecule has 1 aromatic heterocycles. The van der Waals surface area contributed by atoms with Crippen molar-refractivity contribution in [2.45, 2.75) is 32.6 Å². The fourth-order valence-electron chi connectivity index (χ4n) is 2.57. The third kappa shape index (κ3) is 5.57. The van der Waals surface area contributed by atoms with Crippen molar-refractivity contribution in [1.29, 1.82) is 0 Å². The standard InChI is InChI=1S/C19H29N5O2/c1-5-20-18(21-10-15-8-6-7-9-16(15)13-26-4)22-14-19(2,25)17-11-23-24(3)12-17/h6-9,11-12,25H,5,10,13-14H2,1-4H3,(H2,20,21,22). The minimum absolute atomic E-state index is 0.324. The Hall–Kier alpha value is -2.38. The molecule has 0 aliphatic heterocycles. The van der Waals surface area contributed by atoms with Gasteiger partial charge in [0.05, 0.1) is 25.9 Å². The van der Waals surface area contributed by atoms with Crippen molar-refractivity contribution < 1.29 is 9.84 Å². The van der Waals surface area contributed by atoms with Gasteiger partial charge in [-0.05, 0) is 25.0 Å². The molecule has 7 nitrogen and oxygen atoms in total. The van der Waals surface area contributed by atoms with Crippen molar-refractivity contribution >= 4 is 5.96 Å². The lowest BCUT2D eigenvalue weighted by Gasteiger charge is -2.23. The Kier molecular flexibility index (Phi) is 7.17. The van der Waals surface area contributed by atoms with Gasteiger partial charge in [0.25, 0.3) is 0 Å². The van der Waals surface area contributed by atoms with E-state index in [4.69, 9.17) is 4.74 Å². The van der Waals surface area contributed by atoms with Gasteiger partial charge >= 0.3 is 0 Å². The molecule has 1 unspecified atom stereocenters.